The molecule has 0 atom stereocenters. The number of nitrogens with zero attached hydrogens (tertiary/aromatic N) is 5. The van der Waals surface area contributed by atoms with Gasteiger partial charge in [-0.3, -0.25) is 9.36 Å². The minimum atomic E-state index is -0.136. The van der Waals surface area contributed by atoms with Gasteiger partial charge in [0.15, 0.2) is 5.82 Å². The van der Waals surface area contributed by atoms with E-state index >= 15 is 0 Å². The maximum Gasteiger partial charge on any atom is 0.271 e. The molecule has 3 aromatic heterocycles. The van der Waals surface area contributed by atoms with Gasteiger partial charge >= 0.3 is 0 Å². The molecule has 28 heavy (non-hydrogen) atoms. The lowest BCUT2D eigenvalue weighted by Crippen LogP contribution is -2.36. The Balaban J connectivity index is 1.49. The SMILES string of the molecule is CCCc1noc(-c2ccnc(-n3cnc(C(=O)NC4CCCCC4)c3)c2)n1. The highest BCUT2D eigenvalue weighted by molar-refractivity contribution is 5.92. The topological polar surface area (TPSA) is 98.7 Å². The number of carbonyl (C=O) groups excluding carboxylic acids is 1. The van der Waals surface area contributed by atoms with Crippen LogP contribution in [0, 0.1) is 0 Å². The zero-order valence-corrected chi connectivity index (χ0v) is 16.0. The predicted octanol–water partition coefficient (Wildman–Crippen LogP) is 3.33. The van der Waals surface area contributed by atoms with Gasteiger partial charge in [-0.1, -0.05) is 31.3 Å². The van der Waals surface area contributed by atoms with Crippen molar-refractivity contribution in [2.75, 3.05) is 0 Å². The third-order valence-corrected chi connectivity index (χ3v) is 4.95. The highest BCUT2D eigenvalue weighted by Gasteiger charge is 2.18. The minimum Gasteiger partial charge on any atom is -0.348 e. The van der Waals surface area contributed by atoms with Crippen LogP contribution in [0.3, 0.4) is 0 Å². The van der Waals surface area contributed by atoms with Crippen LogP contribution >= 0.6 is 0 Å². The molecular weight excluding hydrogens is 356 g/mol. The van der Waals surface area contributed by atoms with E-state index in [1.54, 1.807) is 23.3 Å². The summed E-state index contributed by atoms with van der Waals surface area (Å²) in [6.45, 7) is 2.07. The van der Waals surface area contributed by atoms with Crippen molar-refractivity contribution in [2.24, 2.45) is 0 Å². The Hall–Kier alpha value is -3.03. The zero-order valence-electron chi connectivity index (χ0n) is 16.0. The summed E-state index contributed by atoms with van der Waals surface area (Å²) in [5.74, 6) is 1.66. The van der Waals surface area contributed by atoms with Gasteiger partial charge in [0.2, 0.25) is 0 Å². The van der Waals surface area contributed by atoms with Crippen molar-refractivity contribution in [1.82, 2.24) is 30.0 Å². The monoisotopic (exact) mass is 380 g/mol. The Labute approximate surface area is 163 Å². The lowest BCUT2D eigenvalue weighted by atomic mass is 9.95. The number of nitrogens with one attached hydrogen (secondary N) is 1. The first-order valence-corrected chi connectivity index (χ1v) is 9.87. The van der Waals surface area contributed by atoms with Crippen LogP contribution in [0.1, 0.15) is 61.8 Å². The first-order valence-electron chi connectivity index (χ1n) is 9.87. The summed E-state index contributed by atoms with van der Waals surface area (Å²) in [5.41, 5.74) is 1.17. The predicted molar refractivity (Wildman–Crippen MR) is 103 cm³/mol. The number of aryl methyl sites for hydroxylation is 1. The molecule has 0 radical (unpaired) electrons. The highest BCUT2D eigenvalue weighted by Crippen LogP contribution is 2.20. The van der Waals surface area contributed by atoms with Gasteiger partial charge < -0.3 is 9.84 Å². The molecule has 1 saturated carbocycles. The molecule has 0 unspecified atom stereocenters. The van der Waals surface area contributed by atoms with E-state index < -0.39 is 0 Å². The van der Waals surface area contributed by atoms with E-state index in [0.717, 1.165) is 31.2 Å². The summed E-state index contributed by atoms with van der Waals surface area (Å²) in [6.07, 6.45) is 12.4. The fourth-order valence-corrected chi connectivity index (χ4v) is 3.46. The van der Waals surface area contributed by atoms with Crippen LogP contribution in [0.25, 0.3) is 17.3 Å². The normalized spacial score (nSPS) is 14.9. The van der Waals surface area contributed by atoms with Gasteiger partial charge in [0.05, 0.1) is 0 Å². The van der Waals surface area contributed by atoms with Crippen LogP contribution in [-0.4, -0.2) is 36.6 Å². The minimum absolute atomic E-state index is 0.136. The fourth-order valence-electron chi connectivity index (χ4n) is 3.46. The number of amides is 1. The van der Waals surface area contributed by atoms with Crippen molar-refractivity contribution in [3.8, 4) is 17.3 Å². The first-order chi connectivity index (χ1) is 13.7. The van der Waals surface area contributed by atoms with Gasteiger partial charge in [0.1, 0.15) is 17.8 Å². The first kappa shape index (κ1) is 18.3. The molecule has 0 aliphatic heterocycles. The van der Waals surface area contributed by atoms with Crippen molar-refractivity contribution in [1.29, 1.82) is 0 Å². The largest absolute Gasteiger partial charge is 0.348 e. The number of rotatable bonds is 6. The summed E-state index contributed by atoms with van der Waals surface area (Å²) in [5, 5.41) is 7.07. The molecule has 8 heteroatoms. The van der Waals surface area contributed by atoms with Crippen LogP contribution in [0.5, 0.6) is 0 Å². The Bertz CT molecular complexity index is 942. The number of hydrogen-bond donors (Lipinski definition) is 1. The van der Waals surface area contributed by atoms with Crippen molar-refractivity contribution < 1.29 is 9.32 Å². The molecule has 0 aromatic carbocycles. The molecule has 3 heterocycles. The van der Waals surface area contributed by atoms with Gasteiger partial charge in [0, 0.05) is 30.4 Å². The number of imidazole rings is 1. The molecule has 1 N–H and O–H groups in total. The summed E-state index contributed by atoms with van der Waals surface area (Å²) in [4.78, 5) is 25.5. The molecule has 1 amide bonds. The second-order valence-electron chi connectivity index (χ2n) is 7.14. The second-order valence-corrected chi connectivity index (χ2v) is 7.14. The van der Waals surface area contributed by atoms with Gasteiger partial charge in [-0.2, -0.15) is 4.98 Å². The molecule has 8 nitrogen and oxygen atoms in total. The maximum atomic E-state index is 12.5. The van der Waals surface area contributed by atoms with Crippen LogP contribution in [0.15, 0.2) is 35.4 Å². The van der Waals surface area contributed by atoms with Gasteiger partial charge in [0.25, 0.3) is 11.8 Å². The van der Waals surface area contributed by atoms with Crippen molar-refractivity contribution in [2.45, 2.75) is 57.9 Å². The number of pyridine rings is 1. The lowest BCUT2D eigenvalue weighted by molar-refractivity contribution is 0.0923. The van der Waals surface area contributed by atoms with Crippen molar-refractivity contribution in [3.05, 3.63) is 42.4 Å². The average Bonchev–Trinajstić information content (AvgIpc) is 3.39. The number of carbonyl (C=O) groups is 1. The Morgan fingerprint density at radius 2 is 2.14 bits per heavy atom. The van der Waals surface area contributed by atoms with E-state index in [1.807, 2.05) is 12.1 Å². The molecule has 0 spiro atoms. The second kappa shape index (κ2) is 8.33. The van der Waals surface area contributed by atoms with Gasteiger partial charge in [-0.05, 0) is 31.4 Å². The van der Waals surface area contributed by atoms with Crippen LogP contribution in [-0.2, 0) is 6.42 Å². The van der Waals surface area contributed by atoms with Crippen LogP contribution in [0.2, 0.25) is 0 Å². The summed E-state index contributed by atoms with van der Waals surface area (Å²) in [6, 6.07) is 3.91. The fraction of sp³-hybridized carbons (Fsp3) is 0.450. The molecule has 0 bridgehead atoms. The standard InChI is InChI=1S/C20H24N6O2/c1-2-6-17-24-20(28-25-17)14-9-10-21-18(11-14)26-12-16(22-13-26)19(27)23-15-7-4-3-5-8-15/h9-13,15H,2-8H2,1H3,(H,23,27). The van der Waals surface area contributed by atoms with E-state index in [-0.39, 0.29) is 11.9 Å². The van der Waals surface area contributed by atoms with E-state index in [2.05, 4.69) is 32.3 Å². The quantitative estimate of drug-likeness (QED) is 0.704. The third-order valence-electron chi connectivity index (χ3n) is 4.95. The van der Waals surface area contributed by atoms with Gasteiger partial charge in [-0.15, -0.1) is 0 Å². The molecule has 1 fully saturated rings. The molecule has 146 valence electrons. The Morgan fingerprint density at radius 3 is 2.96 bits per heavy atom. The lowest BCUT2D eigenvalue weighted by Gasteiger charge is -2.22. The van der Waals surface area contributed by atoms with Crippen LogP contribution < -0.4 is 5.32 Å². The van der Waals surface area contributed by atoms with Crippen LogP contribution in [0.4, 0.5) is 0 Å². The smallest absolute Gasteiger partial charge is 0.271 e. The summed E-state index contributed by atoms with van der Waals surface area (Å²) < 4.78 is 7.07. The molecule has 3 aromatic rings. The molecule has 1 aliphatic carbocycles. The Kier molecular flexibility index (Phi) is 5.45. The highest BCUT2D eigenvalue weighted by atomic mass is 16.5. The number of hydrogen-bond acceptors (Lipinski definition) is 6. The van der Waals surface area contributed by atoms with Crippen molar-refractivity contribution >= 4 is 5.91 Å². The van der Waals surface area contributed by atoms with E-state index in [0.29, 0.717) is 23.2 Å². The Morgan fingerprint density at radius 1 is 1.29 bits per heavy atom. The molecular formula is C20H24N6O2. The van der Waals surface area contributed by atoms with E-state index in [9.17, 15) is 4.79 Å². The number of aromatic nitrogens is 5. The van der Waals surface area contributed by atoms with E-state index in [4.69, 9.17) is 4.52 Å². The third kappa shape index (κ3) is 4.11. The summed E-state index contributed by atoms with van der Waals surface area (Å²) in [7, 11) is 0. The average molecular weight is 380 g/mol. The zero-order chi connectivity index (χ0) is 19.3. The molecule has 4 rings (SSSR count). The van der Waals surface area contributed by atoms with Crippen molar-refractivity contribution in [3.63, 3.8) is 0 Å². The molecule has 0 saturated heterocycles. The van der Waals surface area contributed by atoms with E-state index in [1.165, 1.54) is 19.3 Å². The van der Waals surface area contributed by atoms with Gasteiger partial charge in [-0.25, -0.2) is 9.97 Å². The molecule has 1 aliphatic rings. The summed E-state index contributed by atoms with van der Waals surface area (Å²) >= 11 is 0. The maximum absolute atomic E-state index is 12.5.